The van der Waals surface area contributed by atoms with E-state index in [1.165, 1.54) is 6.07 Å². The van der Waals surface area contributed by atoms with Crippen molar-refractivity contribution in [2.75, 3.05) is 31.1 Å². The van der Waals surface area contributed by atoms with Crippen LogP contribution in [0.1, 0.15) is 15.9 Å². The number of amides is 1. The fourth-order valence-corrected chi connectivity index (χ4v) is 3.29. The third-order valence-corrected chi connectivity index (χ3v) is 4.74. The molecule has 2 heterocycles. The van der Waals surface area contributed by atoms with E-state index in [4.69, 9.17) is 0 Å². The predicted molar refractivity (Wildman–Crippen MR) is 88.1 cm³/mol. The molecule has 0 atom stereocenters. The molecule has 8 heteroatoms. The summed E-state index contributed by atoms with van der Waals surface area (Å²) in [5.74, 6) is -0.160. The third kappa shape index (κ3) is 3.16. The Morgan fingerprint density at radius 3 is 2.65 bits per heavy atom. The van der Waals surface area contributed by atoms with E-state index < -0.39 is 4.92 Å². The van der Waals surface area contributed by atoms with E-state index in [1.807, 2.05) is 5.38 Å². The molecule has 0 saturated carbocycles. The molecule has 1 saturated heterocycles. The van der Waals surface area contributed by atoms with Crippen molar-refractivity contribution in [2.45, 2.75) is 6.92 Å². The Labute approximate surface area is 137 Å². The van der Waals surface area contributed by atoms with E-state index in [0.29, 0.717) is 37.3 Å². The van der Waals surface area contributed by atoms with Crippen LogP contribution in [-0.4, -0.2) is 46.9 Å². The summed E-state index contributed by atoms with van der Waals surface area (Å²) in [6.07, 6.45) is 1.77. The van der Waals surface area contributed by atoms with Gasteiger partial charge in [0.25, 0.3) is 11.6 Å². The van der Waals surface area contributed by atoms with E-state index in [9.17, 15) is 14.9 Å². The number of rotatable bonds is 3. The van der Waals surface area contributed by atoms with Gasteiger partial charge >= 0.3 is 0 Å². The van der Waals surface area contributed by atoms with Crippen LogP contribution in [0.3, 0.4) is 0 Å². The molecule has 0 radical (unpaired) electrons. The highest BCUT2D eigenvalue weighted by Gasteiger charge is 2.24. The van der Waals surface area contributed by atoms with Gasteiger partial charge in [-0.1, -0.05) is 6.07 Å². The van der Waals surface area contributed by atoms with Crippen molar-refractivity contribution < 1.29 is 9.72 Å². The van der Waals surface area contributed by atoms with Crippen molar-refractivity contribution in [3.63, 3.8) is 0 Å². The van der Waals surface area contributed by atoms with Crippen LogP contribution in [0.15, 0.2) is 29.8 Å². The Morgan fingerprint density at radius 1 is 1.30 bits per heavy atom. The van der Waals surface area contributed by atoms with Crippen LogP contribution in [0.2, 0.25) is 0 Å². The van der Waals surface area contributed by atoms with Crippen molar-refractivity contribution >= 4 is 28.1 Å². The fraction of sp³-hybridized carbons (Fsp3) is 0.333. The van der Waals surface area contributed by atoms with Gasteiger partial charge in [0.2, 0.25) is 0 Å². The lowest BCUT2D eigenvalue weighted by Gasteiger charge is -2.34. The Hall–Kier alpha value is -2.48. The zero-order valence-electron chi connectivity index (χ0n) is 12.6. The lowest BCUT2D eigenvalue weighted by molar-refractivity contribution is -0.385. The quantitative estimate of drug-likeness (QED) is 0.636. The largest absolute Gasteiger partial charge is 0.345 e. The van der Waals surface area contributed by atoms with Crippen LogP contribution in [0, 0.1) is 17.0 Å². The van der Waals surface area contributed by atoms with Crippen LogP contribution >= 0.6 is 11.3 Å². The van der Waals surface area contributed by atoms with Gasteiger partial charge in [0.05, 0.1) is 4.92 Å². The summed E-state index contributed by atoms with van der Waals surface area (Å²) in [6.45, 7) is 4.26. The zero-order valence-corrected chi connectivity index (χ0v) is 13.5. The third-order valence-electron chi connectivity index (χ3n) is 3.91. The highest BCUT2D eigenvalue weighted by molar-refractivity contribution is 7.13. The summed E-state index contributed by atoms with van der Waals surface area (Å²) in [4.78, 5) is 31.3. The second kappa shape index (κ2) is 6.33. The first-order valence-electron chi connectivity index (χ1n) is 7.25. The smallest absolute Gasteiger partial charge is 0.273 e. The topological polar surface area (TPSA) is 79.6 Å². The first kappa shape index (κ1) is 15.4. The van der Waals surface area contributed by atoms with E-state index in [0.717, 1.165) is 5.13 Å². The monoisotopic (exact) mass is 332 g/mol. The number of piperazine rings is 1. The number of carbonyl (C=O) groups excluding carboxylic acids is 1. The van der Waals surface area contributed by atoms with Gasteiger partial charge in [-0.3, -0.25) is 14.9 Å². The highest BCUT2D eigenvalue weighted by atomic mass is 32.1. The number of aryl methyl sites for hydroxylation is 1. The summed E-state index contributed by atoms with van der Waals surface area (Å²) < 4.78 is 0. The standard InChI is InChI=1S/C15H16N4O3S/c1-11-2-3-12(10-13(11)19(21)22)14(20)17-5-7-18(8-6-17)15-16-4-9-23-15/h2-4,9-10H,5-8H2,1H3. The fourth-order valence-electron chi connectivity index (χ4n) is 2.59. The van der Waals surface area contributed by atoms with Crippen LogP contribution < -0.4 is 4.90 Å². The molecule has 0 N–H and O–H groups in total. The molecule has 1 aliphatic heterocycles. The Bertz CT molecular complexity index is 724. The number of nitro benzene ring substituents is 1. The van der Waals surface area contributed by atoms with Crippen LogP contribution in [0.4, 0.5) is 10.8 Å². The van der Waals surface area contributed by atoms with Gasteiger partial charge in [0, 0.05) is 54.9 Å². The Morgan fingerprint density at radius 2 is 2.04 bits per heavy atom. The molecular formula is C15H16N4O3S. The Balaban J connectivity index is 1.70. The van der Waals surface area contributed by atoms with Crippen LogP contribution in [0.5, 0.6) is 0 Å². The van der Waals surface area contributed by atoms with Crippen molar-refractivity contribution in [3.8, 4) is 0 Å². The van der Waals surface area contributed by atoms with Gasteiger partial charge in [-0.25, -0.2) is 4.98 Å². The molecule has 1 amide bonds. The van der Waals surface area contributed by atoms with Crippen molar-refractivity contribution in [3.05, 3.63) is 51.0 Å². The number of anilines is 1. The van der Waals surface area contributed by atoms with Crippen molar-refractivity contribution in [1.82, 2.24) is 9.88 Å². The maximum absolute atomic E-state index is 12.6. The number of hydrogen-bond acceptors (Lipinski definition) is 6. The molecule has 0 bridgehead atoms. The minimum Gasteiger partial charge on any atom is -0.345 e. The van der Waals surface area contributed by atoms with Crippen LogP contribution in [-0.2, 0) is 0 Å². The van der Waals surface area contributed by atoms with E-state index >= 15 is 0 Å². The molecule has 3 rings (SSSR count). The molecule has 1 aromatic carbocycles. The minimum absolute atomic E-state index is 0.0164. The van der Waals surface area contributed by atoms with Crippen molar-refractivity contribution in [1.29, 1.82) is 0 Å². The molecule has 7 nitrogen and oxygen atoms in total. The molecule has 0 spiro atoms. The molecule has 120 valence electrons. The summed E-state index contributed by atoms with van der Waals surface area (Å²) in [7, 11) is 0. The lowest BCUT2D eigenvalue weighted by Crippen LogP contribution is -2.48. The van der Waals surface area contributed by atoms with Gasteiger partial charge in [-0.05, 0) is 13.0 Å². The SMILES string of the molecule is Cc1ccc(C(=O)N2CCN(c3nccs3)CC2)cc1[N+](=O)[O-]. The molecule has 23 heavy (non-hydrogen) atoms. The zero-order chi connectivity index (χ0) is 16.4. The average molecular weight is 332 g/mol. The predicted octanol–water partition coefficient (Wildman–Crippen LogP) is 2.32. The lowest BCUT2D eigenvalue weighted by atomic mass is 10.1. The Kier molecular flexibility index (Phi) is 4.24. The van der Waals surface area contributed by atoms with Gasteiger partial charge in [0.1, 0.15) is 0 Å². The number of nitro groups is 1. The summed E-state index contributed by atoms with van der Waals surface area (Å²) in [5, 5.41) is 13.9. The van der Waals surface area contributed by atoms with Crippen molar-refractivity contribution in [2.24, 2.45) is 0 Å². The average Bonchev–Trinajstić information content (AvgIpc) is 3.09. The first-order chi connectivity index (χ1) is 11.1. The van der Waals surface area contributed by atoms with E-state index in [1.54, 1.807) is 41.5 Å². The number of thiazole rings is 1. The number of aromatic nitrogens is 1. The van der Waals surface area contributed by atoms with E-state index in [2.05, 4.69) is 9.88 Å². The second-order valence-electron chi connectivity index (χ2n) is 5.35. The molecule has 0 unspecified atom stereocenters. The molecular weight excluding hydrogens is 316 g/mol. The highest BCUT2D eigenvalue weighted by Crippen LogP contribution is 2.22. The maximum Gasteiger partial charge on any atom is 0.273 e. The number of benzene rings is 1. The van der Waals surface area contributed by atoms with Gasteiger partial charge < -0.3 is 9.80 Å². The molecule has 2 aromatic rings. The minimum atomic E-state index is -0.452. The summed E-state index contributed by atoms with van der Waals surface area (Å²) in [6, 6.07) is 4.64. The van der Waals surface area contributed by atoms with Gasteiger partial charge in [-0.15, -0.1) is 11.3 Å². The van der Waals surface area contributed by atoms with E-state index in [-0.39, 0.29) is 11.6 Å². The number of nitrogens with zero attached hydrogens (tertiary/aromatic N) is 4. The maximum atomic E-state index is 12.6. The molecule has 1 aromatic heterocycles. The van der Waals surface area contributed by atoms with Crippen LogP contribution in [0.25, 0.3) is 0 Å². The number of carbonyl (C=O) groups is 1. The summed E-state index contributed by atoms with van der Waals surface area (Å²) >= 11 is 1.58. The molecule has 0 aliphatic carbocycles. The first-order valence-corrected chi connectivity index (χ1v) is 8.13. The normalized spacial score (nSPS) is 14.8. The molecule has 1 fully saturated rings. The van der Waals surface area contributed by atoms with Gasteiger partial charge in [-0.2, -0.15) is 0 Å². The summed E-state index contributed by atoms with van der Waals surface area (Å²) in [5.41, 5.74) is 0.905. The van der Waals surface area contributed by atoms with Gasteiger partial charge in [0.15, 0.2) is 5.13 Å². The second-order valence-corrected chi connectivity index (χ2v) is 6.23. The molecule has 1 aliphatic rings. The number of hydrogen-bond donors (Lipinski definition) is 0.